The van der Waals surface area contributed by atoms with Crippen LogP contribution in [0.5, 0.6) is 5.75 Å². The lowest BCUT2D eigenvalue weighted by Gasteiger charge is -2.20. The molecule has 0 saturated heterocycles. The van der Waals surface area contributed by atoms with Crippen LogP contribution in [-0.4, -0.2) is 31.0 Å². The molecular weight excluding hydrogens is 342 g/mol. The molecule has 0 atom stereocenters. The minimum absolute atomic E-state index is 0.00434. The van der Waals surface area contributed by atoms with Crippen LogP contribution in [0.25, 0.3) is 0 Å². The van der Waals surface area contributed by atoms with Crippen LogP contribution in [0.15, 0.2) is 35.4 Å². The molecule has 0 aliphatic rings. The highest BCUT2D eigenvalue weighted by Gasteiger charge is 2.21. The molecule has 1 heterocycles. The number of aromatic nitrogens is 1. The first-order chi connectivity index (χ1) is 11.5. The first kappa shape index (κ1) is 19.0. The van der Waals surface area contributed by atoms with Gasteiger partial charge in [-0.3, -0.25) is 4.79 Å². The summed E-state index contributed by atoms with van der Waals surface area (Å²) in [5.41, 5.74) is 1.24. The number of nitrogens with one attached hydrogen (secondary N) is 2. The number of anilines is 1. The number of rotatable bonds is 4. The molecule has 0 fully saturated rings. The van der Waals surface area contributed by atoms with Gasteiger partial charge in [0.05, 0.1) is 5.69 Å². The summed E-state index contributed by atoms with van der Waals surface area (Å²) in [6.07, 6.45) is 1.35. The fraction of sp³-hybridized carbons (Fsp3) is 0.353. The van der Waals surface area contributed by atoms with E-state index in [1.54, 1.807) is 19.2 Å². The van der Waals surface area contributed by atoms with Gasteiger partial charge in [0.2, 0.25) is 10.0 Å². The molecule has 0 saturated carbocycles. The van der Waals surface area contributed by atoms with E-state index in [4.69, 9.17) is 0 Å². The van der Waals surface area contributed by atoms with Gasteiger partial charge in [-0.1, -0.05) is 26.8 Å². The summed E-state index contributed by atoms with van der Waals surface area (Å²) in [7, 11) is -0.759. The van der Waals surface area contributed by atoms with Gasteiger partial charge >= 0.3 is 0 Å². The molecule has 2 rings (SSSR count). The lowest BCUT2D eigenvalue weighted by atomic mass is 9.87. The number of hydrogen-bond donors (Lipinski definition) is 3. The molecule has 0 radical (unpaired) electrons. The zero-order chi connectivity index (χ0) is 19.0. The number of amides is 1. The van der Waals surface area contributed by atoms with E-state index in [-0.39, 0.29) is 27.4 Å². The van der Waals surface area contributed by atoms with Crippen molar-refractivity contribution < 1.29 is 18.3 Å². The molecule has 3 N–H and O–H groups in total. The topological polar surface area (TPSA) is 100 Å². The molecule has 0 aliphatic heterocycles. The summed E-state index contributed by atoms with van der Waals surface area (Å²) < 4.78 is 27.3. The lowest BCUT2D eigenvalue weighted by molar-refractivity contribution is 0.101. The smallest absolute Gasteiger partial charge is 0.272 e. The molecule has 0 spiro atoms. The molecule has 25 heavy (non-hydrogen) atoms. The van der Waals surface area contributed by atoms with Crippen LogP contribution in [0.3, 0.4) is 0 Å². The number of nitrogens with zero attached hydrogens (tertiary/aromatic N) is 1. The molecule has 7 nitrogen and oxygen atoms in total. The van der Waals surface area contributed by atoms with Crippen molar-refractivity contribution in [2.24, 2.45) is 7.05 Å². The quantitative estimate of drug-likeness (QED) is 0.723. The van der Waals surface area contributed by atoms with Crippen LogP contribution in [0.1, 0.15) is 36.8 Å². The SMILES string of the molecule is CNS(=O)(=O)c1cc(C(=O)Nc2cc(C(C)(C)C)ccc2O)n(C)c1. The second-order valence-electron chi connectivity index (χ2n) is 6.82. The van der Waals surface area contributed by atoms with Gasteiger partial charge in [0.25, 0.3) is 5.91 Å². The zero-order valence-corrected chi connectivity index (χ0v) is 15.7. The largest absolute Gasteiger partial charge is 0.506 e. The fourth-order valence-electron chi connectivity index (χ4n) is 2.31. The Morgan fingerprint density at radius 3 is 2.40 bits per heavy atom. The standard InChI is InChI=1S/C17H23N3O4S/c1-17(2,3)11-6-7-15(21)13(8-11)19-16(22)14-9-12(10-20(14)5)25(23,24)18-4/h6-10,18,21H,1-5H3,(H,19,22). The van der Waals surface area contributed by atoms with Gasteiger partial charge in [-0.2, -0.15) is 0 Å². The second kappa shape index (κ2) is 6.53. The van der Waals surface area contributed by atoms with Crippen molar-refractivity contribution in [3.63, 3.8) is 0 Å². The van der Waals surface area contributed by atoms with Gasteiger partial charge in [0.15, 0.2) is 0 Å². The summed E-state index contributed by atoms with van der Waals surface area (Å²) in [5.74, 6) is -0.569. The Labute approximate surface area is 147 Å². The monoisotopic (exact) mass is 365 g/mol. The predicted octanol–water partition coefficient (Wildman–Crippen LogP) is 2.19. The van der Waals surface area contributed by atoms with Gasteiger partial charge in [0, 0.05) is 13.2 Å². The van der Waals surface area contributed by atoms with Gasteiger partial charge < -0.3 is 15.0 Å². The molecular formula is C17H23N3O4S. The highest BCUT2D eigenvalue weighted by molar-refractivity contribution is 7.89. The second-order valence-corrected chi connectivity index (χ2v) is 8.70. The van der Waals surface area contributed by atoms with E-state index in [0.29, 0.717) is 0 Å². The average molecular weight is 365 g/mol. The lowest BCUT2D eigenvalue weighted by Crippen LogP contribution is -2.18. The minimum Gasteiger partial charge on any atom is -0.506 e. The van der Waals surface area contributed by atoms with Crippen molar-refractivity contribution in [3.8, 4) is 5.75 Å². The number of carbonyl (C=O) groups is 1. The van der Waals surface area contributed by atoms with Crippen LogP contribution in [0.4, 0.5) is 5.69 Å². The van der Waals surface area contributed by atoms with Gasteiger partial charge in [-0.25, -0.2) is 13.1 Å². The molecule has 2 aromatic rings. The molecule has 1 amide bonds. The maximum atomic E-state index is 12.5. The van der Waals surface area contributed by atoms with E-state index in [2.05, 4.69) is 10.0 Å². The van der Waals surface area contributed by atoms with Gasteiger partial charge in [-0.15, -0.1) is 0 Å². The highest BCUT2D eigenvalue weighted by atomic mass is 32.2. The average Bonchev–Trinajstić information content (AvgIpc) is 2.91. The first-order valence-corrected chi connectivity index (χ1v) is 9.19. The Kier molecular flexibility index (Phi) is 4.97. The minimum atomic E-state index is -3.64. The van der Waals surface area contributed by atoms with E-state index >= 15 is 0 Å². The number of phenols is 1. The van der Waals surface area contributed by atoms with Crippen LogP contribution >= 0.6 is 0 Å². The summed E-state index contributed by atoms with van der Waals surface area (Å²) >= 11 is 0. The van der Waals surface area contributed by atoms with Crippen LogP contribution < -0.4 is 10.0 Å². The Bertz CT molecular complexity index is 908. The maximum absolute atomic E-state index is 12.5. The number of aryl methyl sites for hydroxylation is 1. The van der Waals surface area contributed by atoms with E-state index in [9.17, 15) is 18.3 Å². The molecule has 8 heteroatoms. The third kappa shape index (κ3) is 4.02. The normalized spacial score (nSPS) is 12.2. The van der Waals surface area contributed by atoms with Crippen molar-refractivity contribution >= 4 is 21.6 Å². The van der Waals surface area contributed by atoms with E-state index in [0.717, 1.165) is 5.56 Å². The fourth-order valence-corrected chi connectivity index (χ4v) is 3.11. The summed E-state index contributed by atoms with van der Waals surface area (Å²) in [4.78, 5) is 12.5. The highest BCUT2D eigenvalue weighted by Crippen LogP contribution is 2.31. The molecule has 0 bridgehead atoms. The maximum Gasteiger partial charge on any atom is 0.272 e. The Morgan fingerprint density at radius 1 is 1.20 bits per heavy atom. The predicted molar refractivity (Wildman–Crippen MR) is 96.4 cm³/mol. The molecule has 0 unspecified atom stereocenters. The Morgan fingerprint density at radius 2 is 1.84 bits per heavy atom. The summed E-state index contributed by atoms with van der Waals surface area (Å²) in [5, 5.41) is 12.6. The van der Waals surface area contributed by atoms with E-state index in [1.807, 2.05) is 20.8 Å². The summed E-state index contributed by atoms with van der Waals surface area (Å²) in [6.45, 7) is 6.07. The first-order valence-electron chi connectivity index (χ1n) is 7.70. The number of aromatic hydroxyl groups is 1. The van der Waals surface area contributed by atoms with Gasteiger partial charge in [0.1, 0.15) is 16.3 Å². The van der Waals surface area contributed by atoms with Crippen molar-refractivity contribution in [3.05, 3.63) is 41.7 Å². The van der Waals surface area contributed by atoms with Crippen molar-refractivity contribution in [1.82, 2.24) is 9.29 Å². The third-order valence-corrected chi connectivity index (χ3v) is 5.28. The number of carbonyl (C=O) groups excluding carboxylic acids is 1. The number of benzene rings is 1. The number of sulfonamides is 1. The number of hydrogen-bond acceptors (Lipinski definition) is 4. The van der Waals surface area contributed by atoms with Gasteiger partial charge in [-0.05, 0) is 36.2 Å². The zero-order valence-electron chi connectivity index (χ0n) is 14.9. The summed E-state index contributed by atoms with van der Waals surface area (Å²) in [6, 6.07) is 6.32. The van der Waals surface area contributed by atoms with E-state index in [1.165, 1.54) is 29.9 Å². The van der Waals surface area contributed by atoms with Crippen LogP contribution in [0.2, 0.25) is 0 Å². The van der Waals surface area contributed by atoms with Crippen LogP contribution in [0, 0.1) is 0 Å². The molecule has 0 aliphatic carbocycles. The third-order valence-electron chi connectivity index (χ3n) is 3.90. The molecule has 1 aromatic heterocycles. The Hall–Kier alpha value is -2.32. The van der Waals surface area contributed by atoms with E-state index < -0.39 is 15.9 Å². The van der Waals surface area contributed by atoms with Crippen molar-refractivity contribution in [1.29, 1.82) is 0 Å². The van der Waals surface area contributed by atoms with Crippen molar-refractivity contribution in [2.75, 3.05) is 12.4 Å². The molecule has 1 aromatic carbocycles. The number of phenolic OH excluding ortho intramolecular Hbond substituents is 1. The van der Waals surface area contributed by atoms with Crippen molar-refractivity contribution in [2.45, 2.75) is 31.1 Å². The van der Waals surface area contributed by atoms with Crippen LogP contribution in [-0.2, 0) is 22.5 Å². The molecule has 136 valence electrons. The Balaban J connectivity index is 2.35.